The minimum absolute atomic E-state index is 0.157. The van der Waals surface area contributed by atoms with Gasteiger partial charge in [0.2, 0.25) is 5.91 Å². The second-order valence-electron chi connectivity index (χ2n) is 5.33. The van der Waals surface area contributed by atoms with Crippen molar-refractivity contribution >= 4 is 5.91 Å². The first-order chi connectivity index (χ1) is 8.18. The Morgan fingerprint density at radius 1 is 1.24 bits per heavy atom. The van der Waals surface area contributed by atoms with Crippen molar-refractivity contribution in [3.8, 4) is 6.07 Å². The van der Waals surface area contributed by atoms with Crippen LogP contribution in [0.2, 0.25) is 0 Å². The van der Waals surface area contributed by atoms with Crippen LogP contribution in [0.25, 0.3) is 0 Å². The lowest BCUT2D eigenvalue weighted by atomic mass is 9.69. The summed E-state index contributed by atoms with van der Waals surface area (Å²) in [5.74, 6) is -0.169. The third-order valence-corrected chi connectivity index (χ3v) is 4.15. The van der Waals surface area contributed by atoms with Crippen LogP contribution in [-0.4, -0.2) is 23.2 Å². The Balaban J connectivity index is 1.95. The smallest absolute Gasteiger partial charge is 0.240 e. The van der Waals surface area contributed by atoms with E-state index in [1.165, 1.54) is 0 Å². The van der Waals surface area contributed by atoms with Crippen molar-refractivity contribution < 1.29 is 9.90 Å². The molecular weight excluding hydrogens is 216 g/mol. The maximum Gasteiger partial charge on any atom is 0.240 e. The maximum atomic E-state index is 12.1. The first-order valence-electron chi connectivity index (χ1n) is 6.58. The summed E-state index contributed by atoms with van der Waals surface area (Å²) < 4.78 is 0. The Bertz CT molecular complexity index is 331. The van der Waals surface area contributed by atoms with Gasteiger partial charge in [-0.15, -0.1) is 0 Å². The molecule has 0 aromatic carbocycles. The third kappa shape index (κ3) is 2.44. The molecule has 4 heteroatoms. The molecule has 2 atom stereocenters. The molecule has 0 radical (unpaired) electrons. The predicted octanol–water partition coefficient (Wildman–Crippen LogP) is 1.49. The molecule has 2 N–H and O–H groups in total. The number of hydrogen-bond acceptors (Lipinski definition) is 3. The van der Waals surface area contributed by atoms with Crippen molar-refractivity contribution in [3.63, 3.8) is 0 Å². The summed E-state index contributed by atoms with van der Waals surface area (Å²) in [6.45, 7) is 0. The Kier molecular flexibility index (Phi) is 3.68. The number of aliphatic hydroxyl groups excluding tert-OH is 1. The van der Waals surface area contributed by atoms with Crippen molar-refractivity contribution in [3.05, 3.63) is 0 Å². The highest BCUT2D eigenvalue weighted by molar-refractivity contribution is 5.86. The third-order valence-electron chi connectivity index (χ3n) is 4.15. The molecule has 2 rings (SSSR count). The number of carbonyl (C=O) groups excluding carboxylic acids is 1. The van der Waals surface area contributed by atoms with Crippen LogP contribution in [0.3, 0.4) is 0 Å². The summed E-state index contributed by atoms with van der Waals surface area (Å²) in [5.41, 5.74) is -0.800. The zero-order valence-electron chi connectivity index (χ0n) is 10.1. The summed E-state index contributed by atoms with van der Waals surface area (Å²) in [4.78, 5) is 12.1. The number of hydrogen-bond donors (Lipinski definition) is 2. The molecule has 94 valence electrons. The molecule has 2 fully saturated rings. The van der Waals surface area contributed by atoms with E-state index in [0.29, 0.717) is 12.8 Å². The molecule has 2 saturated carbocycles. The summed E-state index contributed by atoms with van der Waals surface area (Å²) >= 11 is 0. The van der Waals surface area contributed by atoms with Crippen LogP contribution < -0.4 is 5.32 Å². The van der Waals surface area contributed by atoms with Gasteiger partial charge in [0.25, 0.3) is 0 Å². The average Bonchev–Trinajstić information content (AvgIpc) is 2.44. The van der Waals surface area contributed by atoms with Crippen molar-refractivity contribution in [2.75, 3.05) is 0 Å². The van der Waals surface area contributed by atoms with Crippen LogP contribution >= 0.6 is 0 Å². The molecule has 0 aliphatic heterocycles. The average molecular weight is 236 g/mol. The van der Waals surface area contributed by atoms with Gasteiger partial charge in [-0.3, -0.25) is 4.79 Å². The van der Waals surface area contributed by atoms with E-state index in [4.69, 9.17) is 5.26 Å². The maximum absolute atomic E-state index is 12.1. The molecule has 2 unspecified atom stereocenters. The first-order valence-corrected chi connectivity index (χ1v) is 6.58. The molecular formula is C13H20N2O2. The predicted molar refractivity (Wildman–Crippen MR) is 62.9 cm³/mol. The molecule has 4 nitrogen and oxygen atoms in total. The van der Waals surface area contributed by atoms with Crippen molar-refractivity contribution in [2.24, 2.45) is 5.41 Å². The van der Waals surface area contributed by atoms with Crippen LogP contribution in [0.4, 0.5) is 0 Å². The zero-order valence-corrected chi connectivity index (χ0v) is 10.1. The Labute approximate surface area is 102 Å². The molecule has 0 aromatic heterocycles. The minimum Gasteiger partial charge on any atom is -0.391 e. The highest BCUT2D eigenvalue weighted by atomic mass is 16.3. The van der Waals surface area contributed by atoms with Gasteiger partial charge in [-0.2, -0.15) is 5.26 Å². The highest BCUT2D eigenvalue weighted by Crippen LogP contribution is 2.40. The number of aliphatic hydroxyl groups is 1. The highest BCUT2D eigenvalue weighted by Gasteiger charge is 2.45. The summed E-state index contributed by atoms with van der Waals surface area (Å²) in [6, 6.07) is 1.98. The number of rotatable bonds is 2. The second-order valence-corrected chi connectivity index (χ2v) is 5.33. The van der Waals surface area contributed by atoms with Gasteiger partial charge in [-0.05, 0) is 32.1 Å². The van der Waals surface area contributed by atoms with E-state index in [1.54, 1.807) is 0 Å². The van der Waals surface area contributed by atoms with Crippen molar-refractivity contribution in [2.45, 2.75) is 63.5 Å². The SMILES string of the molecule is N#CC1(C(=O)NC2CCCCCC2O)CCC1. The van der Waals surface area contributed by atoms with Crippen molar-refractivity contribution in [1.29, 1.82) is 5.26 Å². The Morgan fingerprint density at radius 2 is 1.94 bits per heavy atom. The lowest BCUT2D eigenvalue weighted by molar-refractivity contribution is -0.133. The molecule has 2 aliphatic rings. The number of carbonyl (C=O) groups is 1. The quantitative estimate of drug-likeness (QED) is 0.713. The molecule has 0 spiro atoms. The van der Waals surface area contributed by atoms with Crippen LogP contribution in [0.1, 0.15) is 51.4 Å². The molecule has 1 amide bonds. The second kappa shape index (κ2) is 5.05. The molecule has 2 aliphatic carbocycles. The molecule has 0 saturated heterocycles. The summed E-state index contributed by atoms with van der Waals surface area (Å²) in [5, 5.41) is 21.9. The minimum atomic E-state index is -0.800. The molecule has 0 heterocycles. The monoisotopic (exact) mass is 236 g/mol. The van der Waals surface area contributed by atoms with E-state index in [2.05, 4.69) is 11.4 Å². The van der Waals surface area contributed by atoms with E-state index in [9.17, 15) is 9.90 Å². The lowest BCUT2D eigenvalue weighted by Crippen LogP contribution is -2.51. The van der Waals surface area contributed by atoms with Crippen LogP contribution in [0.15, 0.2) is 0 Å². The van der Waals surface area contributed by atoms with Crippen LogP contribution in [-0.2, 0) is 4.79 Å². The van der Waals surface area contributed by atoms with Gasteiger partial charge >= 0.3 is 0 Å². The van der Waals surface area contributed by atoms with E-state index in [0.717, 1.165) is 38.5 Å². The van der Waals surface area contributed by atoms with Crippen LogP contribution in [0, 0.1) is 16.7 Å². The normalized spacial score (nSPS) is 31.8. The fraction of sp³-hybridized carbons (Fsp3) is 0.846. The van der Waals surface area contributed by atoms with Gasteiger partial charge in [-0.1, -0.05) is 19.3 Å². The number of amides is 1. The van der Waals surface area contributed by atoms with E-state index >= 15 is 0 Å². The lowest BCUT2D eigenvalue weighted by Gasteiger charge is -2.35. The first kappa shape index (κ1) is 12.4. The van der Waals surface area contributed by atoms with E-state index in [1.807, 2.05) is 0 Å². The number of nitriles is 1. The fourth-order valence-corrected chi connectivity index (χ4v) is 2.68. The summed E-state index contributed by atoms with van der Waals surface area (Å²) in [6.07, 6.45) is 6.60. The number of nitrogens with zero attached hydrogens (tertiary/aromatic N) is 1. The van der Waals surface area contributed by atoms with Gasteiger partial charge < -0.3 is 10.4 Å². The van der Waals surface area contributed by atoms with Gasteiger partial charge in [0.05, 0.1) is 18.2 Å². The topological polar surface area (TPSA) is 73.1 Å². The molecule has 17 heavy (non-hydrogen) atoms. The fourth-order valence-electron chi connectivity index (χ4n) is 2.68. The van der Waals surface area contributed by atoms with Gasteiger partial charge in [0.15, 0.2) is 0 Å². The number of nitrogens with one attached hydrogen (secondary N) is 1. The van der Waals surface area contributed by atoms with Crippen molar-refractivity contribution in [1.82, 2.24) is 5.32 Å². The van der Waals surface area contributed by atoms with Crippen LogP contribution in [0.5, 0.6) is 0 Å². The Hall–Kier alpha value is -1.08. The standard InChI is InChI=1S/C13H20N2O2/c14-9-13(7-4-8-13)12(17)15-10-5-2-1-3-6-11(10)16/h10-11,16H,1-8H2,(H,15,17). The summed E-state index contributed by atoms with van der Waals surface area (Å²) in [7, 11) is 0. The largest absolute Gasteiger partial charge is 0.391 e. The zero-order chi connectivity index (χ0) is 12.3. The van der Waals surface area contributed by atoms with E-state index < -0.39 is 11.5 Å². The van der Waals surface area contributed by atoms with Gasteiger partial charge in [0, 0.05) is 0 Å². The Morgan fingerprint density at radius 3 is 2.53 bits per heavy atom. The van der Waals surface area contributed by atoms with Gasteiger partial charge in [-0.25, -0.2) is 0 Å². The molecule has 0 aromatic rings. The molecule has 0 bridgehead atoms. The van der Waals surface area contributed by atoms with E-state index in [-0.39, 0.29) is 11.9 Å². The van der Waals surface area contributed by atoms with Gasteiger partial charge in [0.1, 0.15) is 5.41 Å².